The fourth-order valence-corrected chi connectivity index (χ4v) is 5.57. The molecule has 2 aromatic rings. The van der Waals surface area contributed by atoms with E-state index in [1.54, 1.807) is 37.7 Å². The number of nitrogens with one attached hydrogen (secondary N) is 3. The summed E-state index contributed by atoms with van der Waals surface area (Å²) in [6.45, 7) is 3.58. The van der Waals surface area contributed by atoms with Gasteiger partial charge in [0.1, 0.15) is 11.5 Å². The largest absolute Gasteiger partial charge is 0.504 e. The Kier molecular flexibility index (Phi) is 5.62. The summed E-state index contributed by atoms with van der Waals surface area (Å²) in [6.07, 6.45) is 1.47. The zero-order valence-electron chi connectivity index (χ0n) is 20.6. The molecule has 4 N–H and O–H groups in total. The third-order valence-corrected chi connectivity index (χ3v) is 7.11. The number of rotatable bonds is 3. The van der Waals surface area contributed by atoms with E-state index < -0.39 is 47.0 Å². The lowest BCUT2D eigenvalue weighted by Crippen LogP contribution is -2.75. The number of imide groups is 2. The van der Waals surface area contributed by atoms with Crippen molar-refractivity contribution in [3.05, 3.63) is 41.1 Å². The van der Waals surface area contributed by atoms with Crippen molar-refractivity contribution in [3.63, 3.8) is 0 Å². The second-order valence-corrected chi connectivity index (χ2v) is 9.76. The summed E-state index contributed by atoms with van der Waals surface area (Å²) in [5, 5.41) is 23.9. The van der Waals surface area contributed by atoms with E-state index in [9.17, 15) is 19.5 Å². The smallest absolute Gasteiger partial charge is 0.328 e. The van der Waals surface area contributed by atoms with Gasteiger partial charge in [-0.05, 0) is 25.5 Å². The van der Waals surface area contributed by atoms with E-state index in [4.69, 9.17) is 10.1 Å². The molecule has 37 heavy (non-hydrogen) atoms. The van der Waals surface area contributed by atoms with Crippen LogP contribution in [-0.2, 0) is 20.7 Å². The Hall–Kier alpha value is -4.13. The normalized spacial score (nSPS) is 24.2. The average Bonchev–Trinajstić information content (AvgIpc) is 2.83. The highest BCUT2D eigenvalue weighted by molar-refractivity contribution is 6.20. The quantitative estimate of drug-likeness (QED) is 0.343. The van der Waals surface area contributed by atoms with Gasteiger partial charge in [0.05, 0.1) is 42.0 Å². The van der Waals surface area contributed by atoms with Crippen LogP contribution in [-0.4, -0.2) is 77.5 Å². The van der Waals surface area contributed by atoms with E-state index in [0.717, 1.165) is 0 Å². The van der Waals surface area contributed by atoms with Gasteiger partial charge >= 0.3 is 6.03 Å². The number of carbonyl (C=O) groups excluding carboxylic acids is 3. The number of ether oxygens (including phenoxy) is 1. The van der Waals surface area contributed by atoms with Crippen LogP contribution in [0.15, 0.2) is 18.5 Å². The molecule has 3 unspecified atom stereocenters. The second kappa shape index (κ2) is 8.47. The number of aromatic hydroxyl groups is 1. The molecule has 3 atom stereocenters. The Morgan fingerprint density at radius 1 is 1.24 bits per heavy atom. The standard InChI is InChI=1S/C24H26FN7O5/c1-10-9-32-18-12(6-24(20(32)11(2)37-10)21(34)29-23(36)30-22(24)35)5-13(19(33)16(18)25)17(26)14-7-27-8-15(28-14)31(3)4/h5,7-8,10-11,20,26,33H,6,9H2,1-4H3,(H2,29,30,34,35,36). The SMILES string of the molecule is CC1CN2c3c(cc(C(=N)c4cncc(N(C)C)n4)c(O)c3F)CC3(C(=O)NC(=O)NC3=O)C2C(C)O1. The highest BCUT2D eigenvalue weighted by Gasteiger charge is 2.63. The van der Waals surface area contributed by atoms with Gasteiger partial charge in [-0.1, -0.05) is 0 Å². The van der Waals surface area contributed by atoms with Gasteiger partial charge in [-0.2, -0.15) is 0 Å². The number of nitrogens with zero attached hydrogens (tertiary/aromatic N) is 4. The maximum atomic E-state index is 15.9. The number of phenols is 1. The molecule has 0 aliphatic carbocycles. The van der Waals surface area contributed by atoms with Crippen molar-refractivity contribution < 1.29 is 28.6 Å². The van der Waals surface area contributed by atoms with Crippen molar-refractivity contribution in [1.82, 2.24) is 20.6 Å². The van der Waals surface area contributed by atoms with E-state index >= 15 is 4.39 Å². The predicted molar refractivity (Wildman–Crippen MR) is 129 cm³/mol. The molecule has 194 valence electrons. The van der Waals surface area contributed by atoms with Gasteiger partial charge in [0, 0.05) is 32.6 Å². The zero-order valence-corrected chi connectivity index (χ0v) is 20.6. The van der Waals surface area contributed by atoms with Gasteiger partial charge in [0.2, 0.25) is 11.8 Å². The number of urea groups is 1. The Balaban J connectivity index is 1.69. The number of hydrogen-bond acceptors (Lipinski definition) is 10. The van der Waals surface area contributed by atoms with E-state index in [2.05, 4.69) is 20.6 Å². The summed E-state index contributed by atoms with van der Waals surface area (Å²) in [5.41, 5.74) is -1.92. The van der Waals surface area contributed by atoms with E-state index in [1.807, 2.05) is 0 Å². The first-order valence-corrected chi connectivity index (χ1v) is 11.7. The van der Waals surface area contributed by atoms with Crippen LogP contribution in [0.4, 0.5) is 20.7 Å². The first-order valence-electron chi connectivity index (χ1n) is 11.7. The fraction of sp³-hybridized carbons (Fsp3) is 0.417. The number of anilines is 2. The molecule has 0 bridgehead atoms. The summed E-state index contributed by atoms with van der Waals surface area (Å²) in [7, 11) is 3.50. The second-order valence-electron chi connectivity index (χ2n) is 9.76. The number of carbonyl (C=O) groups is 3. The van der Waals surface area contributed by atoms with E-state index in [0.29, 0.717) is 5.82 Å². The summed E-state index contributed by atoms with van der Waals surface area (Å²) < 4.78 is 21.9. The molecule has 2 fully saturated rings. The van der Waals surface area contributed by atoms with Crippen LogP contribution < -0.4 is 20.4 Å². The number of barbiturate groups is 1. The number of phenolic OH excluding ortho intramolecular Hbond substituents is 1. The molecule has 1 aromatic carbocycles. The predicted octanol–water partition coefficient (Wildman–Crippen LogP) is 0.694. The van der Waals surface area contributed by atoms with Crippen LogP contribution in [0.2, 0.25) is 0 Å². The van der Waals surface area contributed by atoms with E-state index in [1.165, 1.54) is 18.5 Å². The van der Waals surface area contributed by atoms with Crippen LogP contribution in [0.5, 0.6) is 5.75 Å². The molecular formula is C24H26FN7O5. The van der Waals surface area contributed by atoms with Gasteiger partial charge < -0.3 is 19.6 Å². The van der Waals surface area contributed by atoms with E-state index in [-0.39, 0.29) is 47.3 Å². The summed E-state index contributed by atoms with van der Waals surface area (Å²) in [4.78, 5) is 50.1. The van der Waals surface area contributed by atoms with Gasteiger partial charge in [0.15, 0.2) is 17.0 Å². The average molecular weight is 512 g/mol. The van der Waals surface area contributed by atoms with Crippen LogP contribution in [0.25, 0.3) is 0 Å². The van der Waals surface area contributed by atoms with Crippen molar-refractivity contribution in [2.24, 2.45) is 5.41 Å². The molecule has 3 aliphatic heterocycles. The van der Waals surface area contributed by atoms with Crippen LogP contribution in [0.3, 0.4) is 0 Å². The van der Waals surface area contributed by atoms with Crippen LogP contribution >= 0.6 is 0 Å². The number of aromatic nitrogens is 2. The molecule has 0 saturated carbocycles. The Bertz CT molecular complexity index is 1340. The molecule has 1 aromatic heterocycles. The van der Waals surface area contributed by atoms with Crippen LogP contribution in [0, 0.1) is 16.6 Å². The third kappa shape index (κ3) is 3.60. The lowest BCUT2D eigenvalue weighted by atomic mass is 9.66. The number of hydrogen-bond donors (Lipinski definition) is 4. The highest BCUT2D eigenvalue weighted by Crippen LogP contribution is 2.49. The minimum atomic E-state index is -1.81. The number of amides is 4. The first kappa shape index (κ1) is 24.6. The van der Waals surface area contributed by atoms with Crippen molar-refractivity contribution in [3.8, 4) is 5.75 Å². The summed E-state index contributed by atoms with van der Waals surface area (Å²) in [5.74, 6) is -2.92. The van der Waals surface area contributed by atoms with Crippen molar-refractivity contribution in [2.45, 2.75) is 38.5 Å². The van der Waals surface area contributed by atoms with Gasteiger partial charge in [-0.3, -0.25) is 30.6 Å². The molecule has 2 saturated heterocycles. The topological polar surface area (TPSA) is 161 Å². The maximum absolute atomic E-state index is 15.9. The molecule has 13 heteroatoms. The van der Waals surface area contributed by atoms with Gasteiger partial charge in [0.25, 0.3) is 0 Å². The maximum Gasteiger partial charge on any atom is 0.328 e. The Labute approximate surface area is 211 Å². The number of halogens is 1. The number of morpholine rings is 1. The summed E-state index contributed by atoms with van der Waals surface area (Å²) >= 11 is 0. The number of fused-ring (bicyclic) bond motifs is 4. The Morgan fingerprint density at radius 2 is 1.92 bits per heavy atom. The monoisotopic (exact) mass is 511 g/mol. The first-order chi connectivity index (χ1) is 17.5. The molecule has 5 rings (SSSR count). The van der Waals surface area contributed by atoms with Crippen molar-refractivity contribution in [2.75, 3.05) is 30.4 Å². The minimum absolute atomic E-state index is 0.0253. The molecule has 4 heterocycles. The molecule has 12 nitrogen and oxygen atoms in total. The van der Waals surface area contributed by atoms with Crippen LogP contribution in [0.1, 0.15) is 30.7 Å². The molecule has 0 radical (unpaired) electrons. The molecule has 4 amide bonds. The summed E-state index contributed by atoms with van der Waals surface area (Å²) in [6, 6.07) is -0.500. The van der Waals surface area contributed by atoms with Crippen molar-refractivity contribution in [1.29, 1.82) is 5.41 Å². The van der Waals surface area contributed by atoms with Crippen molar-refractivity contribution >= 4 is 35.1 Å². The third-order valence-electron chi connectivity index (χ3n) is 7.11. The lowest BCUT2D eigenvalue weighted by Gasteiger charge is -2.55. The fourth-order valence-electron chi connectivity index (χ4n) is 5.57. The lowest BCUT2D eigenvalue weighted by molar-refractivity contribution is -0.153. The molecular weight excluding hydrogens is 485 g/mol. The van der Waals surface area contributed by atoms with Gasteiger partial charge in [-0.15, -0.1) is 0 Å². The Morgan fingerprint density at radius 3 is 2.57 bits per heavy atom. The molecule has 1 spiro atoms. The highest BCUT2D eigenvalue weighted by atomic mass is 19.1. The zero-order chi connectivity index (χ0) is 26.8. The van der Waals surface area contributed by atoms with Gasteiger partial charge in [-0.25, -0.2) is 14.2 Å². The minimum Gasteiger partial charge on any atom is -0.504 e. The molecule has 3 aliphatic rings. The number of benzene rings is 1.